The smallest absolute Gasteiger partial charge is 0.273 e. The third-order valence-electron chi connectivity index (χ3n) is 4.85. The van der Waals surface area contributed by atoms with E-state index in [2.05, 4.69) is 26.2 Å². The van der Waals surface area contributed by atoms with E-state index in [0.717, 1.165) is 26.6 Å². The van der Waals surface area contributed by atoms with Crippen LogP contribution in [0.2, 0.25) is 0 Å². The summed E-state index contributed by atoms with van der Waals surface area (Å²) in [5.74, 6) is -0.114. The summed E-state index contributed by atoms with van der Waals surface area (Å²) in [6.07, 6.45) is 0. The van der Waals surface area contributed by atoms with Gasteiger partial charge in [0.05, 0.1) is 5.52 Å². The molecule has 0 aliphatic rings. The second kappa shape index (κ2) is 7.24. The molecule has 6 nitrogen and oxygen atoms in total. The molecule has 0 aliphatic heterocycles. The van der Waals surface area contributed by atoms with Crippen molar-refractivity contribution in [3.05, 3.63) is 80.7 Å². The van der Waals surface area contributed by atoms with Crippen LogP contribution < -0.4 is 10.9 Å². The number of fused-ring (bicyclic) bond motifs is 3. The molecular weight excluding hydrogens is 420 g/mol. The lowest BCUT2D eigenvalue weighted by atomic mass is 10.2. The molecule has 0 radical (unpaired) electrons. The van der Waals surface area contributed by atoms with Gasteiger partial charge < -0.3 is 5.32 Å². The Kier molecular flexibility index (Phi) is 4.77. The Morgan fingerprint density at radius 3 is 2.68 bits per heavy atom. The maximum absolute atomic E-state index is 12.9. The van der Waals surface area contributed by atoms with Crippen LogP contribution in [0.4, 0.5) is 0 Å². The third kappa shape index (κ3) is 3.11. The van der Waals surface area contributed by atoms with Crippen molar-refractivity contribution in [2.45, 2.75) is 26.4 Å². The van der Waals surface area contributed by atoms with Crippen molar-refractivity contribution in [3.63, 3.8) is 0 Å². The Bertz CT molecular complexity index is 1260. The summed E-state index contributed by atoms with van der Waals surface area (Å²) in [5, 5.41) is 3.84. The van der Waals surface area contributed by atoms with Crippen LogP contribution in [0.15, 0.2) is 63.9 Å². The average Bonchev–Trinajstić information content (AvgIpc) is 3.01. The molecule has 2 heterocycles. The van der Waals surface area contributed by atoms with E-state index in [4.69, 9.17) is 0 Å². The van der Waals surface area contributed by atoms with Gasteiger partial charge in [-0.15, -0.1) is 0 Å². The molecule has 28 heavy (non-hydrogen) atoms. The zero-order chi connectivity index (χ0) is 19.8. The fourth-order valence-corrected chi connectivity index (χ4v) is 3.90. The highest BCUT2D eigenvalue weighted by Gasteiger charge is 2.22. The van der Waals surface area contributed by atoms with Crippen LogP contribution in [0.25, 0.3) is 16.6 Å². The maximum atomic E-state index is 12.9. The van der Waals surface area contributed by atoms with Crippen LogP contribution in [0.5, 0.6) is 0 Å². The number of benzene rings is 2. The number of nitrogens with one attached hydrogen (secondary N) is 1. The van der Waals surface area contributed by atoms with Gasteiger partial charge in [-0.05, 0) is 37.6 Å². The molecule has 2 aromatic heterocycles. The van der Waals surface area contributed by atoms with Gasteiger partial charge in [0.1, 0.15) is 6.04 Å². The number of hydrogen-bond donors (Lipinski definition) is 1. The lowest BCUT2D eigenvalue weighted by molar-refractivity contribution is -0.124. The largest absolute Gasteiger partial charge is 0.350 e. The molecule has 0 bridgehead atoms. The number of nitrogens with zero attached hydrogens (tertiary/aromatic N) is 3. The lowest BCUT2D eigenvalue weighted by Gasteiger charge is -2.18. The van der Waals surface area contributed by atoms with Crippen molar-refractivity contribution < 1.29 is 4.79 Å². The highest BCUT2D eigenvalue weighted by molar-refractivity contribution is 9.10. The summed E-state index contributed by atoms with van der Waals surface area (Å²) in [5.41, 5.74) is 2.87. The highest BCUT2D eigenvalue weighted by Crippen LogP contribution is 2.25. The van der Waals surface area contributed by atoms with Crippen LogP contribution in [0.1, 0.15) is 24.2 Å². The average molecular weight is 439 g/mol. The summed E-state index contributed by atoms with van der Waals surface area (Å²) >= 11 is 3.51. The van der Waals surface area contributed by atoms with Crippen molar-refractivity contribution in [2.75, 3.05) is 0 Å². The van der Waals surface area contributed by atoms with Crippen LogP contribution in [-0.2, 0) is 11.3 Å². The topological polar surface area (TPSA) is 68.4 Å². The standard InChI is InChI=1S/C21H19BrN4O2/c1-13-11-19(27)24-20-16-8-4-6-10-18(16)26(25(13)20)14(2)21(28)23-12-15-7-3-5-9-17(15)22/h3-11,14H,12H2,1-2H3,(H,23,28)/t14-/m1/s1. The van der Waals surface area contributed by atoms with Crippen molar-refractivity contribution in [1.29, 1.82) is 0 Å². The summed E-state index contributed by atoms with van der Waals surface area (Å²) < 4.78 is 4.69. The fourth-order valence-electron chi connectivity index (χ4n) is 3.47. The minimum atomic E-state index is -0.493. The first-order valence-corrected chi connectivity index (χ1v) is 9.77. The molecule has 1 atom stereocenters. The molecule has 1 N–H and O–H groups in total. The first-order chi connectivity index (χ1) is 13.5. The zero-order valence-corrected chi connectivity index (χ0v) is 17.1. The molecule has 0 saturated carbocycles. The molecule has 0 unspecified atom stereocenters. The van der Waals surface area contributed by atoms with Crippen LogP contribution in [-0.4, -0.2) is 20.1 Å². The summed E-state index contributed by atoms with van der Waals surface area (Å²) in [4.78, 5) is 29.1. The number of hydrogen-bond acceptors (Lipinski definition) is 3. The molecule has 0 spiro atoms. The number of para-hydroxylation sites is 1. The first kappa shape index (κ1) is 18.4. The molecule has 0 saturated heterocycles. The highest BCUT2D eigenvalue weighted by atomic mass is 79.9. The Morgan fingerprint density at radius 1 is 1.18 bits per heavy atom. The number of amides is 1. The van der Waals surface area contributed by atoms with Crippen LogP contribution in [0, 0.1) is 6.92 Å². The molecule has 4 rings (SSSR count). The van der Waals surface area contributed by atoms with E-state index in [1.54, 1.807) is 0 Å². The van der Waals surface area contributed by atoms with Gasteiger partial charge in [-0.1, -0.05) is 46.3 Å². The minimum Gasteiger partial charge on any atom is -0.350 e. The predicted molar refractivity (Wildman–Crippen MR) is 112 cm³/mol. The van der Waals surface area contributed by atoms with Crippen molar-refractivity contribution >= 4 is 38.4 Å². The molecule has 0 aliphatic carbocycles. The van der Waals surface area contributed by atoms with E-state index in [0.29, 0.717) is 12.2 Å². The van der Waals surface area contributed by atoms with Gasteiger partial charge in [-0.25, -0.2) is 4.52 Å². The fraction of sp³-hybridized carbons (Fsp3) is 0.190. The quantitative estimate of drug-likeness (QED) is 0.529. The molecule has 4 aromatic rings. The van der Waals surface area contributed by atoms with Crippen LogP contribution in [0.3, 0.4) is 0 Å². The van der Waals surface area contributed by atoms with E-state index in [-0.39, 0.29) is 11.5 Å². The Balaban J connectivity index is 1.76. The Hall–Kier alpha value is -2.93. The van der Waals surface area contributed by atoms with Gasteiger partial charge in [-0.3, -0.25) is 14.3 Å². The number of carbonyl (C=O) groups is 1. The van der Waals surface area contributed by atoms with E-state index in [1.807, 2.05) is 71.6 Å². The van der Waals surface area contributed by atoms with Gasteiger partial charge in [-0.2, -0.15) is 4.98 Å². The Labute approximate surface area is 169 Å². The predicted octanol–water partition coefficient (Wildman–Crippen LogP) is 3.60. The van der Waals surface area contributed by atoms with Gasteiger partial charge in [0, 0.05) is 28.2 Å². The second-order valence-corrected chi connectivity index (χ2v) is 7.57. The molecule has 1 amide bonds. The van der Waals surface area contributed by atoms with Gasteiger partial charge in [0.2, 0.25) is 5.91 Å². The number of carbonyl (C=O) groups excluding carboxylic acids is 1. The maximum Gasteiger partial charge on any atom is 0.273 e. The molecule has 142 valence electrons. The van der Waals surface area contributed by atoms with E-state index in [1.165, 1.54) is 6.07 Å². The minimum absolute atomic E-state index is 0.114. The Morgan fingerprint density at radius 2 is 1.89 bits per heavy atom. The van der Waals surface area contributed by atoms with Gasteiger partial charge in [0.25, 0.3) is 5.56 Å². The second-order valence-electron chi connectivity index (χ2n) is 6.72. The lowest BCUT2D eigenvalue weighted by Crippen LogP contribution is -2.32. The normalized spacial score (nSPS) is 12.4. The summed E-state index contributed by atoms with van der Waals surface area (Å²) in [6.45, 7) is 4.12. The summed E-state index contributed by atoms with van der Waals surface area (Å²) in [7, 11) is 0. The number of rotatable bonds is 4. The first-order valence-electron chi connectivity index (χ1n) is 8.98. The van der Waals surface area contributed by atoms with E-state index in [9.17, 15) is 9.59 Å². The van der Waals surface area contributed by atoms with Gasteiger partial charge >= 0.3 is 0 Å². The molecule has 7 heteroatoms. The zero-order valence-electron chi connectivity index (χ0n) is 15.5. The molecular formula is C21H19BrN4O2. The van der Waals surface area contributed by atoms with Crippen LogP contribution >= 0.6 is 15.9 Å². The SMILES string of the molecule is Cc1cc(=O)nc2c3ccccc3n([C@H](C)C(=O)NCc3ccccc3Br)n12. The molecule has 2 aromatic carbocycles. The number of halogens is 1. The number of aromatic nitrogens is 3. The number of aryl methyl sites for hydroxylation is 1. The van der Waals surface area contributed by atoms with Crippen molar-refractivity contribution in [1.82, 2.24) is 19.5 Å². The third-order valence-corrected chi connectivity index (χ3v) is 5.62. The van der Waals surface area contributed by atoms with Crippen molar-refractivity contribution in [2.24, 2.45) is 0 Å². The van der Waals surface area contributed by atoms with E-state index >= 15 is 0 Å². The summed E-state index contributed by atoms with van der Waals surface area (Å²) in [6, 6.07) is 16.4. The van der Waals surface area contributed by atoms with Crippen molar-refractivity contribution in [3.8, 4) is 0 Å². The van der Waals surface area contributed by atoms with Gasteiger partial charge in [0.15, 0.2) is 5.65 Å². The monoisotopic (exact) mass is 438 g/mol. The van der Waals surface area contributed by atoms with E-state index < -0.39 is 6.04 Å². The molecule has 0 fully saturated rings.